The lowest BCUT2D eigenvalue weighted by molar-refractivity contribution is 0.318. The van der Waals surface area contributed by atoms with E-state index in [2.05, 4.69) is 25.1 Å². The molecule has 2 saturated carbocycles. The molecule has 0 radical (unpaired) electrons. The van der Waals surface area contributed by atoms with Crippen LogP contribution in [0.15, 0.2) is 54.4 Å². The van der Waals surface area contributed by atoms with Gasteiger partial charge in [0.1, 0.15) is 18.3 Å². The number of halogens is 3. The van der Waals surface area contributed by atoms with Crippen LogP contribution in [0.1, 0.15) is 81.3 Å². The molecule has 4 rings (SSSR count). The van der Waals surface area contributed by atoms with Gasteiger partial charge in [-0.2, -0.15) is 0 Å². The Bertz CT molecular complexity index is 883. The third-order valence-corrected chi connectivity index (χ3v) is 7.56. The minimum absolute atomic E-state index is 0.133. The number of benzene rings is 2. The Hall–Kier alpha value is -2.03. The van der Waals surface area contributed by atoms with Gasteiger partial charge in [0.2, 0.25) is 0 Å². The van der Waals surface area contributed by atoms with E-state index in [1.807, 2.05) is 18.2 Å². The van der Waals surface area contributed by atoms with Gasteiger partial charge in [-0.1, -0.05) is 56.2 Å². The van der Waals surface area contributed by atoms with Crippen molar-refractivity contribution in [2.24, 2.45) is 11.8 Å². The quantitative estimate of drug-likeness (QED) is 0.448. The fraction of sp³-hybridized carbons (Fsp3) is 0.500. The largest absolute Gasteiger partial charge is 0.246 e. The van der Waals surface area contributed by atoms with Crippen LogP contribution in [0.25, 0.3) is 11.1 Å². The van der Waals surface area contributed by atoms with E-state index in [0.717, 1.165) is 61.6 Å². The first-order valence-electron chi connectivity index (χ1n) is 11.9. The maximum atomic E-state index is 14.9. The number of allylic oxidation sites excluding steroid dienone is 2. The van der Waals surface area contributed by atoms with Crippen molar-refractivity contribution in [2.45, 2.75) is 70.1 Å². The summed E-state index contributed by atoms with van der Waals surface area (Å²) in [5.41, 5.74) is 3.92. The molecule has 0 aliphatic heterocycles. The predicted molar refractivity (Wildman–Crippen MR) is 122 cm³/mol. The lowest BCUT2D eigenvalue weighted by Crippen LogP contribution is -2.14. The van der Waals surface area contributed by atoms with E-state index < -0.39 is 6.67 Å². The Kier molecular flexibility index (Phi) is 7.20. The molecule has 3 heteroatoms. The van der Waals surface area contributed by atoms with Gasteiger partial charge >= 0.3 is 0 Å². The Morgan fingerprint density at radius 2 is 1.42 bits per heavy atom. The summed E-state index contributed by atoms with van der Waals surface area (Å²) in [7, 11) is 0. The van der Waals surface area contributed by atoms with Crippen LogP contribution in [0.5, 0.6) is 0 Å². The molecule has 2 aromatic carbocycles. The summed E-state index contributed by atoms with van der Waals surface area (Å²) in [6, 6.07) is 14.0. The fourth-order valence-corrected chi connectivity index (χ4v) is 5.49. The Morgan fingerprint density at radius 3 is 2.03 bits per heavy atom. The van der Waals surface area contributed by atoms with Gasteiger partial charge in [0.15, 0.2) is 0 Å². The molecule has 0 N–H and O–H groups in total. The number of hydrogen-bond acceptors (Lipinski definition) is 0. The summed E-state index contributed by atoms with van der Waals surface area (Å²) in [6.07, 6.45) is 9.16. The van der Waals surface area contributed by atoms with Crippen LogP contribution in [0.2, 0.25) is 0 Å². The standard InChI is InChI=1S/C28H33F3/c1-19-2-4-22(5-3-19)25-14-15-26(28(31)18-25)23-10-6-20(7-11-23)21-8-12-24(13-9-21)27(30)16-17-29/h6-7,10-11,14-16,18-19,21-22,24H,2-5,8-9,12-13,17H2,1H3/b27-16-. The number of hydrogen-bond donors (Lipinski definition) is 0. The lowest BCUT2D eigenvalue weighted by Gasteiger charge is -2.28. The molecule has 0 aromatic heterocycles. The minimum atomic E-state index is -0.732. The second-order valence-corrected chi connectivity index (χ2v) is 9.61. The zero-order valence-electron chi connectivity index (χ0n) is 18.4. The van der Waals surface area contributed by atoms with Gasteiger partial charge in [-0.05, 0) is 85.1 Å². The van der Waals surface area contributed by atoms with Crippen molar-refractivity contribution in [3.63, 3.8) is 0 Å². The van der Waals surface area contributed by atoms with Gasteiger partial charge in [0.05, 0.1) is 0 Å². The normalized spacial score (nSPS) is 27.3. The zero-order valence-corrected chi connectivity index (χ0v) is 18.4. The molecule has 0 amide bonds. The first kappa shape index (κ1) is 22.2. The molecule has 166 valence electrons. The molecule has 2 aromatic rings. The van der Waals surface area contributed by atoms with Crippen LogP contribution in [-0.4, -0.2) is 6.67 Å². The molecule has 0 unspecified atom stereocenters. The van der Waals surface area contributed by atoms with Crippen molar-refractivity contribution < 1.29 is 13.2 Å². The third-order valence-electron chi connectivity index (χ3n) is 7.56. The number of rotatable bonds is 5. The number of alkyl halides is 1. The topological polar surface area (TPSA) is 0 Å². The minimum Gasteiger partial charge on any atom is -0.246 e. The molecule has 0 spiro atoms. The fourth-order valence-electron chi connectivity index (χ4n) is 5.49. The summed E-state index contributed by atoms with van der Waals surface area (Å²) in [5.74, 6) is 1.11. The molecular weight excluding hydrogens is 393 g/mol. The molecule has 0 atom stereocenters. The van der Waals surface area contributed by atoms with Gasteiger partial charge < -0.3 is 0 Å². The summed E-state index contributed by atoms with van der Waals surface area (Å²) < 4.78 is 41.1. The van der Waals surface area contributed by atoms with Crippen LogP contribution in [0, 0.1) is 17.7 Å². The van der Waals surface area contributed by atoms with Crippen LogP contribution in [0.4, 0.5) is 13.2 Å². The van der Waals surface area contributed by atoms with Crippen LogP contribution >= 0.6 is 0 Å². The first-order valence-corrected chi connectivity index (χ1v) is 11.9. The third kappa shape index (κ3) is 5.25. The summed E-state index contributed by atoms with van der Waals surface area (Å²) in [5, 5.41) is 0. The van der Waals surface area contributed by atoms with Gasteiger partial charge in [-0.3, -0.25) is 0 Å². The van der Waals surface area contributed by atoms with E-state index in [4.69, 9.17) is 0 Å². The molecule has 2 aliphatic carbocycles. The highest BCUT2D eigenvalue weighted by atomic mass is 19.1. The second-order valence-electron chi connectivity index (χ2n) is 9.61. The highest BCUT2D eigenvalue weighted by molar-refractivity contribution is 5.65. The Balaban J connectivity index is 1.41. The van der Waals surface area contributed by atoms with Gasteiger partial charge in [0, 0.05) is 11.5 Å². The predicted octanol–water partition coefficient (Wildman–Crippen LogP) is 8.88. The van der Waals surface area contributed by atoms with Crippen molar-refractivity contribution in [2.75, 3.05) is 6.67 Å². The van der Waals surface area contributed by atoms with Crippen LogP contribution in [0.3, 0.4) is 0 Å². The lowest BCUT2D eigenvalue weighted by atomic mass is 9.78. The molecule has 2 aliphatic rings. The molecule has 0 saturated heterocycles. The second kappa shape index (κ2) is 10.1. The maximum Gasteiger partial charge on any atom is 0.131 e. The van der Waals surface area contributed by atoms with E-state index in [-0.39, 0.29) is 17.6 Å². The molecule has 2 fully saturated rings. The Morgan fingerprint density at radius 1 is 0.839 bits per heavy atom. The van der Waals surface area contributed by atoms with Gasteiger partial charge in [0.25, 0.3) is 0 Å². The monoisotopic (exact) mass is 426 g/mol. The summed E-state index contributed by atoms with van der Waals surface area (Å²) in [6.45, 7) is 1.57. The molecule has 0 nitrogen and oxygen atoms in total. The van der Waals surface area contributed by atoms with Crippen LogP contribution in [-0.2, 0) is 0 Å². The molecule has 0 heterocycles. The van der Waals surface area contributed by atoms with Crippen molar-refractivity contribution >= 4 is 0 Å². The first-order chi connectivity index (χ1) is 15.0. The average molecular weight is 427 g/mol. The van der Waals surface area contributed by atoms with Gasteiger partial charge in [-0.25, -0.2) is 13.2 Å². The maximum absolute atomic E-state index is 14.9. The molecular formula is C28H33F3. The van der Waals surface area contributed by atoms with E-state index >= 15 is 0 Å². The van der Waals surface area contributed by atoms with E-state index in [1.165, 1.54) is 18.4 Å². The smallest absolute Gasteiger partial charge is 0.131 e. The summed E-state index contributed by atoms with van der Waals surface area (Å²) in [4.78, 5) is 0. The van der Waals surface area contributed by atoms with E-state index in [9.17, 15) is 13.2 Å². The van der Waals surface area contributed by atoms with Crippen molar-refractivity contribution in [1.82, 2.24) is 0 Å². The SMILES string of the molecule is CC1CCC(c2ccc(-c3ccc(C4CCC(/C(F)=C/CF)CC4)cc3)c(F)c2)CC1. The Labute approximate surface area is 184 Å². The van der Waals surface area contributed by atoms with Crippen LogP contribution < -0.4 is 0 Å². The van der Waals surface area contributed by atoms with E-state index in [0.29, 0.717) is 17.4 Å². The average Bonchev–Trinajstić information content (AvgIpc) is 2.80. The van der Waals surface area contributed by atoms with E-state index in [1.54, 1.807) is 6.07 Å². The zero-order chi connectivity index (χ0) is 21.8. The molecule has 0 bridgehead atoms. The summed E-state index contributed by atoms with van der Waals surface area (Å²) >= 11 is 0. The van der Waals surface area contributed by atoms with Crippen molar-refractivity contribution in [1.29, 1.82) is 0 Å². The highest BCUT2D eigenvalue weighted by Crippen LogP contribution is 2.40. The van der Waals surface area contributed by atoms with Crippen molar-refractivity contribution in [3.05, 3.63) is 71.3 Å². The molecule has 31 heavy (non-hydrogen) atoms. The highest BCUT2D eigenvalue weighted by Gasteiger charge is 2.25. The van der Waals surface area contributed by atoms with Crippen molar-refractivity contribution in [3.8, 4) is 11.1 Å². The van der Waals surface area contributed by atoms with Gasteiger partial charge in [-0.15, -0.1) is 0 Å².